The summed E-state index contributed by atoms with van der Waals surface area (Å²) < 4.78 is 4.85. The van der Waals surface area contributed by atoms with Crippen molar-refractivity contribution in [3.8, 4) is 11.1 Å². The molecule has 2 aromatic heterocycles. The molecule has 2 nitrogen and oxygen atoms in total. The zero-order valence-electron chi connectivity index (χ0n) is 18.9. The number of benzene rings is 3. The van der Waals surface area contributed by atoms with Gasteiger partial charge >= 0.3 is 0 Å². The minimum Gasteiger partial charge on any atom is -0.358 e. The monoisotopic (exact) mass is 532 g/mol. The van der Waals surface area contributed by atoms with E-state index in [4.69, 9.17) is 0 Å². The van der Waals surface area contributed by atoms with E-state index in [9.17, 15) is 0 Å². The van der Waals surface area contributed by atoms with Gasteiger partial charge in [-0.15, -0.1) is 5.56 Å². The Balaban J connectivity index is 0.00000116. The molecule has 0 atom stereocenters. The predicted octanol–water partition coefficient (Wildman–Crippen LogP) is 6.48. The summed E-state index contributed by atoms with van der Waals surface area (Å²) in [5, 5.41) is 4.02. The van der Waals surface area contributed by atoms with Crippen molar-refractivity contribution < 1.29 is 45.9 Å². The van der Waals surface area contributed by atoms with E-state index in [1.54, 1.807) is 0 Å². The average Bonchev–Trinajstić information content (AvgIpc) is 3.19. The number of imidazole rings is 1. The smallest absolute Gasteiger partial charge is 0.295 e. The van der Waals surface area contributed by atoms with Crippen LogP contribution in [0.2, 0.25) is 0 Å². The Kier molecular flexibility index (Phi) is 5.35. The van der Waals surface area contributed by atoms with E-state index in [1.807, 2.05) is 12.1 Å². The molecule has 31 heavy (non-hydrogen) atoms. The van der Waals surface area contributed by atoms with Crippen molar-refractivity contribution in [1.82, 2.24) is 4.40 Å². The molecule has 3 aromatic carbocycles. The molecular formula is C28H27N2Pr-. The Labute approximate surface area is 217 Å². The van der Waals surface area contributed by atoms with Crippen LogP contribution in [0.15, 0.2) is 73.1 Å². The summed E-state index contributed by atoms with van der Waals surface area (Å²) in [6, 6.07) is 25.0. The summed E-state index contributed by atoms with van der Waals surface area (Å²) in [5.74, 6) is 0. The summed E-state index contributed by atoms with van der Waals surface area (Å²) >= 11 is 0. The molecule has 0 saturated heterocycles. The summed E-state index contributed by atoms with van der Waals surface area (Å²) in [6.07, 6.45) is 4.49. The molecule has 153 valence electrons. The van der Waals surface area contributed by atoms with Gasteiger partial charge in [0.25, 0.3) is 5.65 Å². The van der Waals surface area contributed by atoms with Crippen LogP contribution < -0.4 is 4.57 Å². The molecule has 1 aliphatic heterocycles. The molecule has 6 rings (SSSR count). The number of rotatable bonds is 1. The third-order valence-electron chi connectivity index (χ3n) is 7.51. The van der Waals surface area contributed by atoms with Crippen LogP contribution in [-0.4, -0.2) is 4.40 Å². The van der Waals surface area contributed by atoms with Crippen LogP contribution in [0, 0.1) is 54.8 Å². The second kappa shape index (κ2) is 7.39. The van der Waals surface area contributed by atoms with Crippen LogP contribution in [0.3, 0.4) is 0 Å². The maximum absolute atomic E-state index is 3.12. The van der Waals surface area contributed by atoms with Gasteiger partial charge in [-0.25, -0.2) is 4.57 Å². The third kappa shape index (κ3) is 2.80. The van der Waals surface area contributed by atoms with E-state index >= 15 is 0 Å². The molecule has 1 aliphatic rings. The second-order valence-corrected chi connectivity index (χ2v) is 9.29. The van der Waals surface area contributed by atoms with E-state index in [0.717, 1.165) is 0 Å². The summed E-state index contributed by atoms with van der Waals surface area (Å²) in [6.45, 7) is 9.47. The molecule has 0 unspecified atom stereocenters. The van der Waals surface area contributed by atoms with E-state index < -0.39 is 0 Å². The molecule has 0 aliphatic carbocycles. The van der Waals surface area contributed by atoms with Gasteiger partial charge in [0.2, 0.25) is 0 Å². The molecule has 0 N–H and O–H groups in total. The molecule has 0 amide bonds. The van der Waals surface area contributed by atoms with Crippen molar-refractivity contribution in [3.05, 3.63) is 92.1 Å². The molecule has 5 aromatic rings. The van der Waals surface area contributed by atoms with E-state index in [-0.39, 0.29) is 59.7 Å². The molecule has 3 heterocycles. The molecule has 0 fully saturated rings. The first-order chi connectivity index (χ1) is 13.9. The van der Waals surface area contributed by atoms with Gasteiger partial charge in [0.05, 0.1) is 5.39 Å². The van der Waals surface area contributed by atoms with E-state index in [1.165, 1.54) is 44.0 Å². The number of hydrogen-bond acceptors (Lipinski definition) is 0. The van der Waals surface area contributed by atoms with Crippen molar-refractivity contribution in [2.75, 3.05) is 0 Å². The number of hydrogen-bond donors (Lipinski definition) is 0. The normalized spacial score (nSPS) is 15.7. The fraction of sp³-hybridized carbons (Fsp3) is 0.214. The number of fused-ring (bicyclic) bond motifs is 3. The summed E-state index contributed by atoms with van der Waals surface area (Å²) in [5.41, 5.74) is 6.47. The average molecular weight is 532 g/mol. The molecular weight excluding hydrogens is 505 g/mol. The van der Waals surface area contributed by atoms with Crippen LogP contribution in [0.4, 0.5) is 0 Å². The number of pyridine rings is 1. The maximum atomic E-state index is 3.12. The standard InChI is InChI=1S/C27H24N2.CH3.Pr/c1-26(2)22-12-8-11-20-21-17-19(18-9-6-5-7-10-18)13-14-23(21)28-15-16-29(27(26,3)4)25(28)24(20)22;;/h6-17H,1-4H3;1H3;/q;-1;. The Bertz CT molecular complexity index is 1440. The zero-order valence-corrected chi connectivity index (χ0v) is 22.6. The number of aromatic nitrogens is 2. The fourth-order valence-electron chi connectivity index (χ4n) is 5.17. The molecule has 0 bridgehead atoms. The molecule has 1 radical (unpaired) electrons. The molecule has 0 spiro atoms. The van der Waals surface area contributed by atoms with Crippen molar-refractivity contribution in [3.63, 3.8) is 0 Å². The quantitative estimate of drug-likeness (QED) is 0.133. The third-order valence-corrected chi connectivity index (χ3v) is 7.51. The van der Waals surface area contributed by atoms with Crippen LogP contribution in [-0.2, 0) is 11.0 Å². The SMILES string of the molecule is CC1(C)c2cccc3c4cc(-c5cc[c-]cc5)ccc4n4cc[n+](c4c23)C1(C)C.[CH3-].[Pr]. The van der Waals surface area contributed by atoms with Gasteiger partial charge in [-0.1, -0.05) is 38.1 Å². The van der Waals surface area contributed by atoms with Crippen LogP contribution >= 0.6 is 0 Å². The van der Waals surface area contributed by atoms with Crippen molar-refractivity contribution in [2.24, 2.45) is 0 Å². The fourth-order valence-corrected chi connectivity index (χ4v) is 5.17. The predicted molar refractivity (Wildman–Crippen MR) is 126 cm³/mol. The minimum atomic E-state index is -0.0167. The Hall–Kier alpha value is -1.77. The Morgan fingerprint density at radius 2 is 1.61 bits per heavy atom. The largest absolute Gasteiger partial charge is 0.358 e. The van der Waals surface area contributed by atoms with Crippen LogP contribution in [0.25, 0.3) is 38.4 Å². The van der Waals surface area contributed by atoms with E-state index in [0.29, 0.717) is 0 Å². The molecule has 3 heteroatoms. The van der Waals surface area contributed by atoms with Crippen LogP contribution in [0.5, 0.6) is 0 Å². The van der Waals surface area contributed by atoms with Crippen molar-refractivity contribution in [2.45, 2.75) is 38.6 Å². The first-order valence-electron chi connectivity index (χ1n) is 10.3. The van der Waals surface area contributed by atoms with Crippen molar-refractivity contribution in [1.29, 1.82) is 0 Å². The summed E-state index contributed by atoms with van der Waals surface area (Å²) in [7, 11) is 0. The molecule has 0 saturated carbocycles. The van der Waals surface area contributed by atoms with Gasteiger partial charge in [-0.3, -0.25) is 0 Å². The van der Waals surface area contributed by atoms with Gasteiger partial charge < -0.3 is 7.43 Å². The topological polar surface area (TPSA) is 8.29 Å². The first-order valence-corrected chi connectivity index (χ1v) is 10.3. The Morgan fingerprint density at radius 3 is 2.35 bits per heavy atom. The van der Waals surface area contributed by atoms with Crippen LogP contribution in [0.1, 0.15) is 33.3 Å². The Morgan fingerprint density at radius 1 is 0.871 bits per heavy atom. The van der Waals surface area contributed by atoms with Crippen molar-refractivity contribution >= 4 is 27.3 Å². The van der Waals surface area contributed by atoms with Gasteiger partial charge in [0, 0.05) is 57.5 Å². The van der Waals surface area contributed by atoms with E-state index in [2.05, 4.69) is 104 Å². The van der Waals surface area contributed by atoms with Gasteiger partial charge in [0.1, 0.15) is 23.4 Å². The summed E-state index contributed by atoms with van der Waals surface area (Å²) in [4.78, 5) is 0. The first kappa shape index (κ1) is 22.4. The minimum absolute atomic E-state index is 0. The second-order valence-electron chi connectivity index (χ2n) is 9.29. The maximum Gasteiger partial charge on any atom is 0.295 e. The van der Waals surface area contributed by atoms with Gasteiger partial charge in [0.15, 0.2) is 0 Å². The zero-order chi connectivity index (χ0) is 20.0. The van der Waals surface area contributed by atoms with Gasteiger partial charge in [-0.05, 0) is 37.1 Å². The van der Waals surface area contributed by atoms with Gasteiger partial charge in [-0.2, -0.15) is 34.7 Å². The number of nitrogens with zero attached hydrogens (tertiary/aromatic N) is 2.